The smallest absolute Gasteiger partial charge is 0.154 e. The Kier molecular flexibility index (Phi) is 5.17. The number of nitrogens with one attached hydrogen (secondary N) is 2. The van der Waals surface area contributed by atoms with Crippen LogP contribution >= 0.6 is 0 Å². The van der Waals surface area contributed by atoms with Gasteiger partial charge in [0, 0.05) is 5.92 Å². The number of rotatable bonds is 4. The first-order valence-electron chi connectivity index (χ1n) is 12.4. The van der Waals surface area contributed by atoms with E-state index in [1.807, 2.05) is 6.92 Å². The van der Waals surface area contributed by atoms with Gasteiger partial charge in [-0.15, -0.1) is 5.12 Å². The number of hydrazine groups is 2. The predicted molar refractivity (Wildman–Crippen MR) is 117 cm³/mol. The molecule has 0 aromatic carbocycles. The average molecular weight is 417 g/mol. The largest absolute Gasteiger partial charge is 0.390 e. The van der Waals surface area contributed by atoms with Gasteiger partial charge >= 0.3 is 0 Å². The summed E-state index contributed by atoms with van der Waals surface area (Å²) in [5.74, 6) is 5.01. The van der Waals surface area contributed by atoms with Gasteiger partial charge in [0.1, 0.15) is 6.34 Å². The maximum absolute atomic E-state index is 13.4. The Morgan fingerprint density at radius 1 is 1.17 bits per heavy atom. The number of Topliss-reactive ketones (excluding diaryl/α,β-unsaturated/α-hetero) is 1. The molecule has 0 aromatic rings. The van der Waals surface area contributed by atoms with Gasteiger partial charge in [-0.3, -0.25) is 10.2 Å². The summed E-state index contributed by atoms with van der Waals surface area (Å²) in [5.41, 5.74) is 5.54. The van der Waals surface area contributed by atoms with E-state index in [1.54, 1.807) is 11.5 Å². The van der Waals surface area contributed by atoms with Crippen molar-refractivity contribution in [2.45, 2.75) is 84.2 Å². The van der Waals surface area contributed by atoms with Crippen LogP contribution in [0.1, 0.15) is 78.6 Å². The highest BCUT2D eigenvalue weighted by atomic mass is 16.3. The van der Waals surface area contributed by atoms with Crippen LogP contribution in [-0.4, -0.2) is 34.5 Å². The fourth-order valence-corrected chi connectivity index (χ4v) is 8.86. The Balaban J connectivity index is 1.35. The van der Waals surface area contributed by atoms with Gasteiger partial charge in [-0.25, -0.2) is 5.53 Å². The molecule has 4 fully saturated rings. The molecule has 1 heterocycles. The van der Waals surface area contributed by atoms with Crippen LogP contribution in [0.3, 0.4) is 0 Å². The summed E-state index contributed by atoms with van der Waals surface area (Å²) in [5, 5.41) is 16.3. The van der Waals surface area contributed by atoms with E-state index < -0.39 is 5.60 Å². The van der Waals surface area contributed by atoms with Crippen molar-refractivity contribution in [3.8, 4) is 0 Å². The van der Waals surface area contributed by atoms with Crippen LogP contribution < -0.4 is 11.0 Å². The molecule has 0 bridgehead atoms. The first kappa shape index (κ1) is 20.7. The van der Waals surface area contributed by atoms with Crippen molar-refractivity contribution in [2.24, 2.45) is 51.9 Å². The molecule has 4 saturated carbocycles. The molecule has 0 saturated heterocycles. The second kappa shape index (κ2) is 7.47. The highest BCUT2D eigenvalue weighted by molar-refractivity contribution is 5.84. The number of carbonyl (C=O) groups excluding carboxylic acids is 1. The molecule has 6 heteroatoms. The van der Waals surface area contributed by atoms with Crippen LogP contribution in [0.2, 0.25) is 0 Å². The van der Waals surface area contributed by atoms with E-state index >= 15 is 0 Å². The molecule has 6 nitrogen and oxygen atoms in total. The van der Waals surface area contributed by atoms with Crippen LogP contribution in [-0.2, 0) is 4.79 Å². The molecule has 5 rings (SSSR count). The first-order chi connectivity index (χ1) is 14.3. The van der Waals surface area contributed by atoms with Crippen LogP contribution in [0.4, 0.5) is 0 Å². The minimum absolute atomic E-state index is 0.145. The Morgan fingerprint density at radius 3 is 2.70 bits per heavy atom. The van der Waals surface area contributed by atoms with Crippen molar-refractivity contribution in [2.75, 3.05) is 6.54 Å². The lowest BCUT2D eigenvalue weighted by Gasteiger charge is -2.57. The minimum atomic E-state index is -0.449. The van der Waals surface area contributed by atoms with Crippen molar-refractivity contribution in [3.63, 3.8) is 0 Å². The molecule has 30 heavy (non-hydrogen) atoms. The Bertz CT molecular complexity index is 701. The summed E-state index contributed by atoms with van der Waals surface area (Å²) in [6.45, 7) is 7.20. The average Bonchev–Trinajstić information content (AvgIpc) is 3.31. The van der Waals surface area contributed by atoms with Crippen molar-refractivity contribution in [3.05, 3.63) is 0 Å². The molecular formula is C24H40N4O2. The van der Waals surface area contributed by atoms with Crippen LogP contribution in [0.25, 0.3) is 0 Å². The Morgan fingerprint density at radius 2 is 1.97 bits per heavy atom. The van der Waals surface area contributed by atoms with Crippen LogP contribution in [0.5, 0.6) is 0 Å². The van der Waals surface area contributed by atoms with Gasteiger partial charge in [-0.2, -0.15) is 5.10 Å². The molecule has 0 unspecified atom stereocenters. The van der Waals surface area contributed by atoms with Gasteiger partial charge < -0.3 is 5.11 Å². The van der Waals surface area contributed by atoms with Crippen molar-refractivity contribution in [1.29, 1.82) is 0 Å². The molecular weight excluding hydrogens is 376 g/mol. The van der Waals surface area contributed by atoms with Crippen LogP contribution in [0, 0.1) is 46.8 Å². The lowest BCUT2D eigenvalue weighted by atomic mass is 9.48. The molecule has 0 spiro atoms. The topological polar surface area (TPSA) is 77.0 Å². The molecule has 168 valence electrons. The number of hydrogen-bond donors (Lipinski definition) is 3. The number of carbonyl (C=O) groups is 1. The summed E-state index contributed by atoms with van der Waals surface area (Å²) >= 11 is 0. The third-order valence-electron chi connectivity index (χ3n) is 10.1. The summed E-state index contributed by atoms with van der Waals surface area (Å²) in [4.78, 5) is 13.4. The summed E-state index contributed by atoms with van der Waals surface area (Å²) in [6, 6.07) is 0. The van der Waals surface area contributed by atoms with E-state index in [4.69, 9.17) is 0 Å². The number of nitrogens with zero attached hydrogens (tertiary/aromatic N) is 2. The number of ketones is 1. The van der Waals surface area contributed by atoms with E-state index in [-0.39, 0.29) is 11.3 Å². The molecule has 0 amide bonds. The zero-order chi connectivity index (χ0) is 21.1. The van der Waals surface area contributed by atoms with E-state index in [1.165, 1.54) is 38.5 Å². The normalized spacial score (nSPS) is 50.2. The number of hydrazone groups is 1. The molecule has 3 N–H and O–H groups in total. The van der Waals surface area contributed by atoms with Crippen LogP contribution in [0.15, 0.2) is 5.10 Å². The lowest BCUT2D eigenvalue weighted by Crippen LogP contribution is -2.52. The second-order valence-electron chi connectivity index (χ2n) is 11.6. The van der Waals surface area contributed by atoms with Gasteiger partial charge in [-0.1, -0.05) is 20.3 Å². The minimum Gasteiger partial charge on any atom is -0.390 e. The van der Waals surface area contributed by atoms with Gasteiger partial charge in [0.15, 0.2) is 5.78 Å². The molecule has 5 aliphatic rings. The van der Waals surface area contributed by atoms with E-state index in [9.17, 15) is 9.90 Å². The van der Waals surface area contributed by atoms with Crippen molar-refractivity contribution >= 4 is 12.1 Å². The quantitative estimate of drug-likeness (QED) is 0.654. The second-order valence-corrected chi connectivity index (χ2v) is 11.6. The summed E-state index contributed by atoms with van der Waals surface area (Å²) < 4.78 is 0. The maximum atomic E-state index is 13.4. The lowest BCUT2D eigenvalue weighted by molar-refractivity contribution is -0.135. The van der Waals surface area contributed by atoms with Gasteiger partial charge in [0.2, 0.25) is 0 Å². The zero-order valence-corrected chi connectivity index (χ0v) is 18.9. The van der Waals surface area contributed by atoms with E-state index in [2.05, 4.69) is 29.9 Å². The van der Waals surface area contributed by atoms with Gasteiger partial charge in [0.25, 0.3) is 0 Å². The third-order valence-corrected chi connectivity index (χ3v) is 10.1. The third kappa shape index (κ3) is 3.29. The Hall–Kier alpha value is -1.14. The number of fused-ring (bicyclic) bond motifs is 5. The van der Waals surface area contributed by atoms with Gasteiger partial charge in [0.05, 0.1) is 12.1 Å². The highest BCUT2D eigenvalue weighted by Crippen LogP contribution is 2.66. The standard InChI is InChI=1S/C24H40N4O2/c1-4-15-11-20(21(29)13-28-26-14-25-27-28)24(3)10-8-18-17-7-9-23(2,30)12-16(17)5-6-19(18)22(15)24/h14-20,22,27,30H,4-13H2,1-3H3,(H,25,26)/t15-,16-,17+,18-,19-,20-,22+,23-,24-/m1/s1. The monoisotopic (exact) mass is 416 g/mol. The SMILES string of the molecule is CC[C@@H]1C[C@H](C(=O)CN2NC=NN2)[C@@]2(C)CC[C@H]3[C@@H](CC[C@@H]4C[C@](C)(O)CC[C@@H]43)[C@H]12. The maximum Gasteiger partial charge on any atom is 0.154 e. The number of aliphatic hydroxyl groups is 1. The fraction of sp³-hybridized carbons (Fsp3) is 0.917. The molecule has 1 aliphatic heterocycles. The summed E-state index contributed by atoms with van der Waals surface area (Å²) in [7, 11) is 0. The molecule has 9 atom stereocenters. The predicted octanol–water partition coefficient (Wildman–Crippen LogP) is 3.48. The van der Waals surface area contributed by atoms with E-state index in [0.717, 1.165) is 37.0 Å². The van der Waals surface area contributed by atoms with Crippen molar-refractivity contribution in [1.82, 2.24) is 16.1 Å². The zero-order valence-electron chi connectivity index (χ0n) is 18.9. The first-order valence-corrected chi connectivity index (χ1v) is 12.4. The van der Waals surface area contributed by atoms with Crippen molar-refractivity contribution < 1.29 is 9.90 Å². The molecule has 0 aromatic heterocycles. The van der Waals surface area contributed by atoms with E-state index in [0.29, 0.717) is 30.1 Å². The Labute approximate surface area is 181 Å². The van der Waals surface area contributed by atoms with Gasteiger partial charge in [-0.05, 0) is 99.2 Å². The fourth-order valence-electron chi connectivity index (χ4n) is 8.86. The molecule has 4 aliphatic carbocycles. The highest BCUT2D eigenvalue weighted by Gasteiger charge is 2.61. The summed E-state index contributed by atoms with van der Waals surface area (Å²) in [6.07, 6.45) is 12.1. The number of hydrogen-bond acceptors (Lipinski definition) is 6. The molecule has 0 radical (unpaired) electrons.